The van der Waals surface area contributed by atoms with Gasteiger partial charge in [-0.25, -0.2) is 0 Å². The van der Waals surface area contributed by atoms with Crippen molar-refractivity contribution in [3.63, 3.8) is 0 Å². The van der Waals surface area contributed by atoms with E-state index in [9.17, 15) is 9.13 Å². The molecule has 0 heterocycles. The maximum Gasteiger partial charge on any atom is 0.143 e. The van der Waals surface area contributed by atoms with Gasteiger partial charge >= 0.3 is 0 Å². The second-order valence-electron chi connectivity index (χ2n) is 11.2. The van der Waals surface area contributed by atoms with Crippen molar-refractivity contribution in [1.29, 1.82) is 0 Å². The van der Waals surface area contributed by atoms with Crippen LogP contribution in [0.3, 0.4) is 0 Å². The summed E-state index contributed by atoms with van der Waals surface area (Å²) in [5, 5.41) is 3.90. The number of fused-ring (bicyclic) bond motifs is 1. The summed E-state index contributed by atoms with van der Waals surface area (Å²) < 4.78 is 29.6. The lowest BCUT2D eigenvalue weighted by Gasteiger charge is -2.28. The minimum Gasteiger partial charge on any atom is -0.314 e. The maximum atomic E-state index is 14.8. The average Bonchev–Trinajstić information content (AvgIpc) is 3.57. The second-order valence-corrected chi connectivity index (χ2v) is 16.9. The van der Waals surface area contributed by atoms with Crippen LogP contribution < -0.4 is 21.2 Å². The summed E-state index contributed by atoms with van der Waals surface area (Å²) >= 11 is 0. The van der Waals surface area contributed by atoms with Gasteiger partial charge in [-0.15, -0.1) is 0 Å². The predicted octanol–water partition coefficient (Wildman–Crippen LogP) is 7.07. The fourth-order valence-electron chi connectivity index (χ4n) is 7.35. The Morgan fingerprint density at radius 3 is 0.947 bits per heavy atom. The van der Waals surface area contributed by atoms with E-state index in [4.69, 9.17) is 0 Å². The van der Waals surface area contributed by atoms with Crippen molar-refractivity contribution in [1.82, 2.24) is 0 Å². The summed E-state index contributed by atoms with van der Waals surface area (Å²) in [7, 11) is -5.47. The molecule has 0 amide bonds. The van der Waals surface area contributed by atoms with Gasteiger partial charge in [-0.3, -0.25) is 0 Å². The molecule has 2 saturated carbocycles. The highest BCUT2D eigenvalue weighted by Gasteiger charge is 2.48. The zero-order valence-corrected chi connectivity index (χ0v) is 23.6. The molecule has 2 nitrogen and oxygen atoms in total. The van der Waals surface area contributed by atoms with E-state index >= 15 is 0 Å². The molecular weight excluding hydrogens is 502 g/mol. The third-order valence-corrected chi connectivity index (χ3v) is 15.7. The molecule has 0 aliphatic heterocycles. The Morgan fingerprint density at radius 1 is 0.421 bits per heavy atom. The van der Waals surface area contributed by atoms with Crippen LogP contribution >= 0.6 is 14.3 Å². The van der Waals surface area contributed by atoms with Crippen LogP contribution in [-0.2, 0) is 9.13 Å². The van der Waals surface area contributed by atoms with E-state index in [0.717, 1.165) is 59.2 Å². The largest absolute Gasteiger partial charge is 0.314 e. The molecule has 0 saturated heterocycles. The topological polar surface area (TPSA) is 34.1 Å². The molecule has 0 N–H and O–H groups in total. The van der Waals surface area contributed by atoms with E-state index in [-0.39, 0.29) is 0 Å². The Morgan fingerprint density at radius 2 is 0.684 bits per heavy atom. The summed E-state index contributed by atoms with van der Waals surface area (Å²) in [4.78, 5) is 0. The van der Waals surface area contributed by atoms with Crippen molar-refractivity contribution in [2.45, 2.75) is 25.7 Å². The lowest BCUT2D eigenvalue weighted by molar-refractivity contribution is 0.341. The molecule has 2 fully saturated rings. The summed E-state index contributed by atoms with van der Waals surface area (Å²) in [6.07, 6.45) is 6.04. The summed E-state index contributed by atoms with van der Waals surface area (Å²) in [6.45, 7) is 0. The van der Waals surface area contributed by atoms with Gasteiger partial charge in [-0.2, -0.15) is 0 Å². The highest BCUT2D eigenvalue weighted by atomic mass is 31.2. The Balaban J connectivity index is 1.26. The fourth-order valence-corrected chi connectivity index (χ4v) is 13.6. The summed E-state index contributed by atoms with van der Waals surface area (Å²) in [5.41, 5.74) is 0. The lowest BCUT2D eigenvalue weighted by atomic mass is 9.90. The zero-order valence-electron chi connectivity index (χ0n) is 21.8. The fraction of sp³-hybridized carbons (Fsp3) is 0.294. The van der Waals surface area contributed by atoms with Gasteiger partial charge in [0.1, 0.15) is 14.3 Å². The first-order chi connectivity index (χ1) is 18.6. The third-order valence-electron chi connectivity index (χ3n) is 9.18. The Bertz CT molecular complexity index is 1240. The first-order valence-corrected chi connectivity index (χ1v) is 17.8. The van der Waals surface area contributed by atoms with Crippen LogP contribution in [0.15, 0.2) is 121 Å². The van der Waals surface area contributed by atoms with Gasteiger partial charge in [-0.1, -0.05) is 121 Å². The maximum absolute atomic E-state index is 14.8. The van der Waals surface area contributed by atoms with E-state index in [1.165, 1.54) is 0 Å². The van der Waals surface area contributed by atoms with Crippen LogP contribution in [0.5, 0.6) is 0 Å². The molecule has 4 heteroatoms. The van der Waals surface area contributed by atoms with Crippen molar-refractivity contribution in [2.24, 2.45) is 23.7 Å². The molecule has 4 unspecified atom stereocenters. The quantitative estimate of drug-likeness (QED) is 0.225. The Hall–Kier alpha value is -2.66. The Labute approximate surface area is 227 Å². The van der Waals surface area contributed by atoms with Gasteiger partial charge in [0.2, 0.25) is 0 Å². The first kappa shape index (κ1) is 25.6. The minimum absolute atomic E-state index is 0.448. The van der Waals surface area contributed by atoms with Gasteiger partial charge in [-0.05, 0) is 49.4 Å². The van der Waals surface area contributed by atoms with Crippen LogP contribution in [0.4, 0.5) is 0 Å². The predicted molar refractivity (Wildman–Crippen MR) is 162 cm³/mol. The molecule has 4 atom stereocenters. The van der Waals surface area contributed by atoms with Gasteiger partial charge in [0.25, 0.3) is 0 Å². The molecule has 2 aliphatic rings. The van der Waals surface area contributed by atoms with E-state index in [2.05, 4.69) is 0 Å². The molecule has 0 aromatic heterocycles. The molecule has 194 valence electrons. The zero-order chi connectivity index (χ0) is 26.0. The SMILES string of the molecule is O=P(CC1CCC2C(CP(=O)(c3ccccc3)c3ccccc3)CCC12)(c1ccccc1)c1ccccc1. The van der Waals surface area contributed by atoms with E-state index < -0.39 is 14.3 Å². The summed E-state index contributed by atoms with van der Waals surface area (Å²) in [6, 6.07) is 40.5. The van der Waals surface area contributed by atoms with Crippen LogP contribution in [0.1, 0.15) is 25.7 Å². The van der Waals surface area contributed by atoms with Gasteiger partial charge < -0.3 is 9.13 Å². The average molecular weight is 539 g/mol. The molecule has 6 rings (SSSR count). The first-order valence-electron chi connectivity index (χ1n) is 14.0. The van der Waals surface area contributed by atoms with Crippen molar-refractivity contribution >= 4 is 35.5 Å². The van der Waals surface area contributed by atoms with E-state index in [1.54, 1.807) is 0 Å². The van der Waals surface area contributed by atoms with Crippen LogP contribution in [0.25, 0.3) is 0 Å². The number of hydrogen-bond donors (Lipinski definition) is 0. The number of benzene rings is 4. The monoisotopic (exact) mass is 538 g/mol. The second kappa shape index (κ2) is 10.8. The molecule has 4 aromatic rings. The summed E-state index contributed by atoms with van der Waals surface area (Å²) in [5.74, 6) is 2.04. The van der Waals surface area contributed by atoms with E-state index in [0.29, 0.717) is 23.7 Å². The molecule has 0 bridgehead atoms. The smallest absolute Gasteiger partial charge is 0.143 e. The van der Waals surface area contributed by atoms with Gasteiger partial charge in [0, 0.05) is 33.5 Å². The Kier molecular flexibility index (Phi) is 7.31. The van der Waals surface area contributed by atoms with Crippen molar-refractivity contribution in [3.05, 3.63) is 121 Å². The van der Waals surface area contributed by atoms with Crippen molar-refractivity contribution in [2.75, 3.05) is 12.3 Å². The van der Waals surface area contributed by atoms with Crippen molar-refractivity contribution in [3.8, 4) is 0 Å². The molecule has 4 aromatic carbocycles. The molecule has 0 radical (unpaired) electrons. The third kappa shape index (κ3) is 4.79. The molecule has 2 aliphatic carbocycles. The highest BCUT2D eigenvalue weighted by molar-refractivity contribution is 7.79. The van der Waals surface area contributed by atoms with Gasteiger partial charge in [0.05, 0.1) is 0 Å². The number of hydrogen-bond acceptors (Lipinski definition) is 2. The van der Waals surface area contributed by atoms with Crippen LogP contribution in [-0.4, -0.2) is 12.3 Å². The molecular formula is C34H36O2P2. The van der Waals surface area contributed by atoms with Crippen molar-refractivity contribution < 1.29 is 9.13 Å². The lowest BCUT2D eigenvalue weighted by Crippen LogP contribution is -2.26. The minimum atomic E-state index is -2.73. The number of rotatable bonds is 8. The van der Waals surface area contributed by atoms with E-state index in [1.807, 2.05) is 121 Å². The van der Waals surface area contributed by atoms with Crippen LogP contribution in [0, 0.1) is 23.7 Å². The highest BCUT2D eigenvalue weighted by Crippen LogP contribution is 2.59. The normalized spacial score (nSPS) is 23.3. The standard InChI is InChI=1S/C34H36O2P2/c35-37(29-13-5-1-6-14-29,30-15-7-2-8-16-30)25-27-21-23-34-28(22-24-33(27)34)26-38(36,31-17-9-3-10-18-31)32-19-11-4-12-20-32/h1-20,27-28,33-34H,21-26H2. The van der Waals surface area contributed by atoms with Gasteiger partial charge in [0.15, 0.2) is 0 Å². The van der Waals surface area contributed by atoms with Crippen LogP contribution in [0.2, 0.25) is 0 Å². The molecule has 38 heavy (non-hydrogen) atoms. The molecule has 0 spiro atoms.